The molecule has 41 heavy (non-hydrogen) atoms. The molecule has 4 aromatic carbocycles. The Morgan fingerprint density at radius 2 is 1.46 bits per heavy atom. The van der Waals surface area contributed by atoms with E-state index >= 15 is 0 Å². The third-order valence-corrected chi connectivity index (χ3v) is 9.44. The molecule has 0 amide bonds. The Morgan fingerprint density at radius 3 is 2.15 bits per heavy atom. The second-order valence-corrected chi connectivity index (χ2v) is 12.2. The molecule has 1 aliphatic carbocycles. The standard InChI is InChI=1S/C35H31NO4S/c1-3-4-17-29-31(25-13-7-5-8-14-25)32-28-18-11-12-19-30(28)36(41(38,39)27-22-20-24(2)21-23-27)33(32)34(29)40-35(37)26-15-9-6-10-16-26/h5-16,18-23,31H,3-4,17H2,1-2H3. The minimum Gasteiger partial charge on any atom is -0.421 e. The number of rotatable bonds is 8. The molecule has 0 N–H and O–H groups in total. The van der Waals surface area contributed by atoms with Crippen LogP contribution in [0.25, 0.3) is 16.7 Å². The molecule has 0 bridgehead atoms. The van der Waals surface area contributed by atoms with Crippen molar-refractivity contribution in [2.75, 3.05) is 0 Å². The number of esters is 1. The molecule has 1 aromatic heterocycles. The largest absolute Gasteiger partial charge is 0.421 e. The highest BCUT2D eigenvalue weighted by atomic mass is 32.2. The molecule has 6 rings (SSSR count). The van der Waals surface area contributed by atoms with Crippen LogP contribution in [0.3, 0.4) is 0 Å². The van der Waals surface area contributed by atoms with E-state index in [-0.39, 0.29) is 10.8 Å². The van der Waals surface area contributed by atoms with Crippen LogP contribution < -0.4 is 0 Å². The van der Waals surface area contributed by atoms with Crippen LogP contribution in [-0.2, 0) is 14.8 Å². The van der Waals surface area contributed by atoms with E-state index in [2.05, 4.69) is 19.1 Å². The Bertz CT molecular complexity index is 1870. The maximum atomic E-state index is 14.4. The van der Waals surface area contributed by atoms with Gasteiger partial charge in [0.25, 0.3) is 10.0 Å². The van der Waals surface area contributed by atoms with Crippen molar-refractivity contribution in [3.8, 4) is 0 Å². The maximum Gasteiger partial charge on any atom is 0.343 e. The van der Waals surface area contributed by atoms with E-state index in [9.17, 15) is 13.2 Å². The predicted molar refractivity (Wildman–Crippen MR) is 162 cm³/mol. The van der Waals surface area contributed by atoms with Gasteiger partial charge in [0.2, 0.25) is 0 Å². The van der Waals surface area contributed by atoms with Crippen LogP contribution in [0.2, 0.25) is 0 Å². The molecule has 206 valence electrons. The normalized spacial score (nSPS) is 14.8. The van der Waals surface area contributed by atoms with Crippen molar-refractivity contribution in [3.63, 3.8) is 0 Å². The number of ether oxygens (including phenoxy) is 1. The third-order valence-electron chi connectivity index (χ3n) is 7.71. The molecule has 6 heteroatoms. The van der Waals surface area contributed by atoms with Gasteiger partial charge in [0.05, 0.1) is 16.0 Å². The number of allylic oxidation sites excluding steroid dienone is 1. The van der Waals surface area contributed by atoms with Gasteiger partial charge in [0, 0.05) is 16.9 Å². The quantitative estimate of drug-likeness (QED) is 0.180. The van der Waals surface area contributed by atoms with E-state index < -0.39 is 16.0 Å². The van der Waals surface area contributed by atoms with Gasteiger partial charge in [-0.25, -0.2) is 17.2 Å². The number of nitrogens with zero attached hydrogens (tertiary/aromatic N) is 1. The monoisotopic (exact) mass is 561 g/mol. The van der Waals surface area contributed by atoms with Crippen molar-refractivity contribution >= 4 is 32.7 Å². The topological polar surface area (TPSA) is 65.4 Å². The summed E-state index contributed by atoms with van der Waals surface area (Å²) in [6.45, 7) is 4.04. The summed E-state index contributed by atoms with van der Waals surface area (Å²) in [7, 11) is -4.06. The first-order chi connectivity index (χ1) is 19.9. The summed E-state index contributed by atoms with van der Waals surface area (Å²) < 4.78 is 36.5. The van der Waals surface area contributed by atoms with Gasteiger partial charge < -0.3 is 4.74 Å². The summed E-state index contributed by atoms with van der Waals surface area (Å²) in [5.41, 5.74) is 5.16. The summed E-state index contributed by atoms with van der Waals surface area (Å²) in [5, 5.41) is 0.826. The first-order valence-electron chi connectivity index (χ1n) is 13.9. The second-order valence-electron chi connectivity index (χ2n) is 10.4. The lowest BCUT2D eigenvalue weighted by molar-refractivity contribution is 0.0689. The molecule has 1 heterocycles. The lowest BCUT2D eigenvalue weighted by atomic mass is 9.86. The van der Waals surface area contributed by atoms with Crippen LogP contribution in [-0.4, -0.2) is 18.4 Å². The second kappa shape index (κ2) is 10.9. The fraction of sp³-hybridized carbons (Fsp3) is 0.171. The number of benzene rings is 4. The van der Waals surface area contributed by atoms with Crippen LogP contribution in [0.1, 0.15) is 64.8 Å². The first kappa shape index (κ1) is 26.8. The molecule has 5 aromatic rings. The summed E-state index contributed by atoms with van der Waals surface area (Å²) >= 11 is 0. The fourth-order valence-corrected chi connectivity index (χ4v) is 7.27. The molecule has 0 saturated heterocycles. The van der Waals surface area contributed by atoms with Gasteiger partial charge in [0.15, 0.2) is 5.76 Å². The SMILES string of the molecule is CCCCC1=C(OC(=O)c2ccccc2)c2c(c3ccccc3n2S(=O)(=O)c2ccc(C)cc2)C1c1ccccc1. The van der Waals surface area contributed by atoms with Gasteiger partial charge in [-0.2, -0.15) is 0 Å². The zero-order chi connectivity index (χ0) is 28.6. The van der Waals surface area contributed by atoms with Crippen LogP contribution in [0.15, 0.2) is 120 Å². The highest BCUT2D eigenvalue weighted by molar-refractivity contribution is 7.90. The minimum atomic E-state index is -4.06. The zero-order valence-corrected chi connectivity index (χ0v) is 23.9. The van der Waals surface area contributed by atoms with Crippen LogP contribution in [0.4, 0.5) is 0 Å². The van der Waals surface area contributed by atoms with Crippen molar-refractivity contribution < 1.29 is 17.9 Å². The summed E-state index contributed by atoms with van der Waals surface area (Å²) in [5.74, 6) is -0.433. The number of aromatic nitrogens is 1. The van der Waals surface area contributed by atoms with Gasteiger partial charge in [-0.15, -0.1) is 0 Å². The average molecular weight is 562 g/mol. The number of carbonyl (C=O) groups excluding carboxylic acids is 1. The van der Waals surface area contributed by atoms with E-state index in [1.807, 2.05) is 55.5 Å². The molecule has 0 aliphatic heterocycles. The van der Waals surface area contributed by atoms with Crippen molar-refractivity contribution in [2.45, 2.75) is 43.9 Å². The summed E-state index contributed by atoms with van der Waals surface area (Å²) in [4.78, 5) is 13.7. The Hall–Kier alpha value is -4.42. The van der Waals surface area contributed by atoms with Gasteiger partial charge >= 0.3 is 5.97 Å². The maximum absolute atomic E-state index is 14.4. The van der Waals surface area contributed by atoms with Gasteiger partial charge in [0.1, 0.15) is 5.69 Å². The van der Waals surface area contributed by atoms with Gasteiger partial charge in [-0.1, -0.05) is 97.8 Å². The molecule has 1 atom stereocenters. The molecule has 0 radical (unpaired) electrons. The Labute approximate surface area is 240 Å². The van der Waals surface area contributed by atoms with E-state index in [1.165, 1.54) is 3.97 Å². The Morgan fingerprint density at radius 1 is 0.829 bits per heavy atom. The first-order valence-corrected chi connectivity index (χ1v) is 15.4. The van der Waals surface area contributed by atoms with E-state index in [1.54, 1.807) is 48.5 Å². The number of fused-ring (bicyclic) bond motifs is 3. The van der Waals surface area contributed by atoms with Crippen molar-refractivity contribution in [1.82, 2.24) is 3.97 Å². The van der Waals surface area contributed by atoms with Crippen molar-refractivity contribution in [3.05, 3.63) is 143 Å². The number of hydrogen-bond donors (Lipinski definition) is 0. The summed E-state index contributed by atoms with van der Waals surface area (Å²) in [6.07, 6.45) is 2.48. The van der Waals surface area contributed by atoms with E-state index in [0.717, 1.165) is 40.5 Å². The number of unbranched alkanes of at least 4 members (excludes halogenated alkanes) is 1. The van der Waals surface area contributed by atoms with Crippen LogP contribution >= 0.6 is 0 Å². The molecule has 5 nitrogen and oxygen atoms in total. The number of para-hydroxylation sites is 1. The number of aryl methyl sites for hydroxylation is 1. The Balaban J connectivity index is 1.68. The smallest absolute Gasteiger partial charge is 0.343 e. The van der Waals surface area contributed by atoms with Gasteiger partial charge in [-0.3, -0.25) is 0 Å². The lowest BCUT2D eigenvalue weighted by Gasteiger charge is -2.18. The van der Waals surface area contributed by atoms with E-state index in [0.29, 0.717) is 29.0 Å². The summed E-state index contributed by atoms with van der Waals surface area (Å²) in [6, 6.07) is 33.3. The third kappa shape index (κ3) is 4.68. The molecular formula is C35H31NO4S. The van der Waals surface area contributed by atoms with Crippen molar-refractivity contribution in [2.24, 2.45) is 0 Å². The molecule has 0 fully saturated rings. The molecular weight excluding hydrogens is 530 g/mol. The minimum absolute atomic E-state index is 0.179. The van der Waals surface area contributed by atoms with Crippen LogP contribution in [0.5, 0.6) is 0 Å². The fourth-order valence-electron chi connectivity index (χ4n) is 5.74. The lowest BCUT2D eigenvalue weighted by Crippen LogP contribution is -2.17. The van der Waals surface area contributed by atoms with Crippen molar-refractivity contribution in [1.29, 1.82) is 0 Å². The van der Waals surface area contributed by atoms with Gasteiger partial charge in [-0.05, 0) is 61.2 Å². The average Bonchev–Trinajstić information content (AvgIpc) is 3.49. The highest BCUT2D eigenvalue weighted by Crippen LogP contribution is 2.52. The predicted octanol–water partition coefficient (Wildman–Crippen LogP) is 8.09. The zero-order valence-electron chi connectivity index (χ0n) is 23.1. The molecule has 1 aliphatic rings. The Kier molecular flexibility index (Phi) is 7.10. The number of hydrogen-bond acceptors (Lipinski definition) is 4. The highest BCUT2D eigenvalue weighted by Gasteiger charge is 2.42. The number of carbonyl (C=O) groups is 1. The van der Waals surface area contributed by atoms with E-state index in [4.69, 9.17) is 4.74 Å². The molecule has 0 spiro atoms. The van der Waals surface area contributed by atoms with Crippen LogP contribution in [0, 0.1) is 6.92 Å². The molecule has 1 unspecified atom stereocenters. The molecule has 0 saturated carbocycles.